The molecule has 0 spiro atoms. The standard InChI is InChI=1S/C31H26NO2/c1-33-27-18-19-31(34-2)30(22-27)32-28(24-14-8-4-9-15-24)20-26(23-12-6-3-7-13-23)21-29(32)25-16-10-5-11-17-25/h3-22H,1-2H3/q+1. The summed E-state index contributed by atoms with van der Waals surface area (Å²) in [5.74, 6) is 1.54. The molecule has 0 radical (unpaired) electrons. The molecule has 0 atom stereocenters. The number of hydrogen-bond donors (Lipinski definition) is 0. The fourth-order valence-electron chi connectivity index (χ4n) is 4.27. The Morgan fingerprint density at radius 3 is 1.44 bits per heavy atom. The Hall–Kier alpha value is -4.37. The lowest BCUT2D eigenvalue weighted by molar-refractivity contribution is -0.572. The molecular formula is C31H26NO2+. The van der Waals surface area contributed by atoms with E-state index in [1.54, 1.807) is 14.2 Å². The van der Waals surface area contributed by atoms with Crippen LogP contribution in [0.2, 0.25) is 0 Å². The van der Waals surface area contributed by atoms with Gasteiger partial charge in [0.15, 0.2) is 5.75 Å². The molecule has 1 heterocycles. The summed E-state index contributed by atoms with van der Waals surface area (Å²) in [5.41, 5.74) is 7.58. The van der Waals surface area contributed by atoms with E-state index < -0.39 is 0 Å². The molecule has 0 N–H and O–H groups in total. The molecule has 5 rings (SSSR count). The van der Waals surface area contributed by atoms with Crippen LogP contribution < -0.4 is 14.0 Å². The molecule has 3 nitrogen and oxygen atoms in total. The third-order valence-corrected chi connectivity index (χ3v) is 5.94. The molecule has 0 bridgehead atoms. The Balaban J connectivity index is 1.91. The van der Waals surface area contributed by atoms with Crippen molar-refractivity contribution in [1.82, 2.24) is 0 Å². The number of benzene rings is 4. The van der Waals surface area contributed by atoms with Gasteiger partial charge in [0.05, 0.1) is 20.3 Å². The monoisotopic (exact) mass is 444 g/mol. The smallest absolute Gasteiger partial charge is 0.257 e. The summed E-state index contributed by atoms with van der Waals surface area (Å²) >= 11 is 0. The molecule has 5 aromatic rings. The number of ether oxygens (including phenoxy) is 2. The Kier molecular flexibility index (Phi) is 6.09. The van der Waals surface area contributed by atoms with E-state index >= 15 is 0 Å². The summed E-state index contributed by atoms with van der Waals surface area (Å²) in [5, 5.41) is 0. The highest BCUT2D eigenvalue weighted by atomic mass is 16.5. The molecule has 0 saturated heterocycles. The molecule has 0 aliphatic rings. The fraction of sp³-hybridized carbons (Fsp3) is 0.0645. The summed E-state index contributed by atoms with van der Waals surface area (Å²) in [6.07, 6.45) is 0. The van der Waals surface area contributed by atoms with Gasteiger partial charge >= 0.3 is 0 Å². The zero-order valence-electron chi connectivity index (χ0n) is 19.3. The molecule has 4 aromatic carbocycles. The average molecular weight is 445 g/mol. The van der Waals surface area contributed by atoms with Gasteiger partial charge in [-0.2, -0.15) is 0 Å². The SMILES string of the molecule is COc1ccc(OC)c(-[n+]2c(-c3ccccc3)cc(-c3ccccc3)cc2-c2ccccc2)c1. The van der Waals surface area contributed by atoms with E-state index in [2.05, 4.69) is 89.5 Å². The topological polar surface area (TPSA) is 22.3 Å². The largest absolute Gasteiger partial charge is 0.497 e. The zero-order chi connectivity index (χ0) is 23.3. The number of nitrogens with zero attached hydrogens (tertiary/aromatic N) is 1. The first kappa shape index (κ1) is 21.5. The molecule has 34 heavy (non-hydrogen) atoms. The molecule has 0 aliphatic carbocycles. The van der Waals surface area contributed by atoms with Crippen LogP contribution in [0.5, 0.6) is 11.5 Å². The van der Waals surface area contributed by atoms with Crippen molar-refractivity contribution in [3.05, 3.63) is 121 Å². The van der Waals surface area contributed by atoms with Crippen LogP contribution in [0.3, 0.4) is 0 Å². The second-order valence-electron chi connectivity index (χ2n) is 7.99. The maximum Gasteiger partial charge on any atom is 0.257 e. The van der Waals surface area contributed by atoms with Crippen LogP contribution in [0.25, 0.3) is 39.3 Å². The van der Waals surface area contributed by atoms with Crippen molar-refractivity contribution in [1.29, 1.82) is 0 Å². The van der Waals surface area contributed by atoms with Gasteiger partial charge in [0, 0.05) is 23.3 Å². The van der Waals surface area contributed by atoms with Crippen LogP contribution in [0, 0.1) is 0 Å². The second-order valence-corrected chi connectivity index (χ2v) is 7.99. The molecule has 0 amide bonds. The van der Waals surface area contributed by atoms with Crippen molar-refractivity contribution >= 4 is 0 Å². The van der Waals surface area contributed by atoms with Gasteiger partial charge < -0.3 is 9.47 Å². The van der Waals surface area contributed by atoms with Crippen molar-refractivity contribution in [2.75, 3.05) is 14.2 Å². The van der Waals surface area contributed by atoms with E-state index in [0.29, 0.717) is 0 Å². The molecule has 3 heteroatoms. The number of pyridine rings is 1. The van der Waals surface area contributed by atoms with E-state index in [4.69, 9.17) is 9.47 Å². The predicted octanol–water partition coefficient (Wildman–Crippen LogP) is 6.98. The van der Waals surface area contributed by atoms with Crippen LogP contribution in [0.1, 0.15) is 0 Å². The highest BCUT2D eigenvalue weighted by Crippen LogP contribution is 2.33. The Bertz CT molecular complexity index is 1340. The summed E-state index contributed by atoms with van der Waals surface area (Å²) in [7, 11) is 3.39. The van der Waals surface area contributed by atoms with E-state index in [9.17, 15) is 0 Å². The molecule has 0 aliphatic heterocycles. The lowest BCUT2D eigenvalue weighted by Gasteiger charge is -2.15. The Labute approximate surface area is 200 Å². The minimum absolute atomic E-state index is 0.771. The van der Waals surface area contributed by atoms with Gasteiger partial charge in [0.2, 0.25) is 11.4 Å². The summed E-state index contributed by atoms with van der Waals surface area (Å²) in [6.45, 7) is 0. The van der Waals surface area contributed by atoms with Gasteiger partial charge in [-0.1, -0.05) is 66.7 Å². The molecule has 1 aromatic heterocycles. The van der Waals surface area contributed by atoms with Crippen molar-refractivity contribution in [2.45, 2.75) is 0 Å². The van der Waals surface area contributed by atoms with Crippen LogP contribution in [0.4, 0.5) is 0 Å². The van der Waals surface area contributed by atoms with Crippen LogP contribution in [0.15, 0.2) is 121 Å². The van der Waals surface area contributed by atoms with Crippen LogP contribution in [-0.4, -0.2) is 14.2 Å². The predicted molar refractivity (Wildman–Crippen MR) is 137 cm³/mol. The highest BCUT2D eigenvalue weighted by Gasteiger charge is 2.28. The van der Waals surface area contributed by atoms with Crippen LogP contribution in [-0.2, 0) is 0 Å². The first-order valence-electron chi connectivity index (χ1n) is 11.3. The maximum atomic E-state index is 5.82. The van der Waals surface area contributed by atoms with E-state index in [1.165, 1.54) is 5.56 Å². The first-order valence-corrected chi connectivity index (χ1v) is 11.3. The fourth-order valence-corrected chi connectivity index (χ4v) is 4.27. The lowest BCUT2D eigenvalue weighted by Crippen LogP contribution is -2.37. The van der Waals surface area contributed by atoms with Gasteiger partial charge in [-0.3, -0.25) is 0 Å². The minimum Gasteiger partial charge on any atom is -0.497 e. The summed E-state index contributed by atoms with van der Waals surface area (Å²) in [4.78, 5) is 0. The third-order valence-electron chi connectivity index (χ3n) is 5.94. The van der Waals surface area contributed by atoms with E-state index in [-0.39, 0.29) is 0 Å². The maximum absolute atomic E-state index is 5.82. The van der Waals surface area contributed by atoms with Crippen molar-refractivity contribution < 1.29 is 14.0 Å². The quantitative estimate of drug-likeness (QED) is 0.264. The molecule has 0 saturated carbocycles. The molecule has 0 unspecified atom stereocenters. The average Bonchev–Trinajstić information content (AvgIpc) is 2.93. The van der Waals surface area contributed by atoms with Gasteiger partial charge in [0.25, 0.3) is 5.69 Å². The molecule has 166 valence electrons. The summed E-state index contributed by atoms with van der Waals surface area (Å²) < 4.78 is 13.7. The number of aromatic nitrogens is 1. The van der Waals surface area contributed by atoms with Gasteiger partial charge in [-0.05, 0) is 47.5 Å². The van der Waals surface area contributed by atoms with Gasteiger partial charge in [0.1, 0.15) is 5.75 Å². The third kappa shape index (κ3) is 4.16. The second kappa shape index (κ2) is 9.63. The van der Waals surface area contributed by atoms with Crippen molar-refractivity contribution in [3.8, 4) is 50.8 Å². The Morgan fingerprint density at radius 2 is 0.971 bits per heavy atom. The van der Waals surface area contributed by atoms with Crippen LogP contribution >= 0.6 is 0 Å². The van der Waals surface area contributed by atoms with E-state index in [0.717, 1.165) is 45.3 Å². The van der Waals surface area contributed by atoms with Gasteiger partial charge in [-0.15, -0.1) is 4.57 Å². The van der Waals surface area contributed by atoms with Gasteiger partial charge in [-0.25, -0.2) is 0 Å². The number of methoxy groups -OCH3 is 2. The number of rotatable bonds is 6. The van der Waals surface area contributed by atoms with E-state index in [1.807, 2.05) is 36.4 Å². The first-order chi connectivity index (χ1) is 16.8. The molecular weight excluding hydrogens is 418 g/mol. The summed E-state index contributed by atoms with van der Waals surface area (Å²) in [6, 6.07) is 41.8. The van der Waals surface area contributed by atoms with Crippen molar-refractivity contribution in [2.24, 2.45) is 0 Å². The normalized spacial score (nSPS) is 10.6. The molecule has 0 fully saturated rings. The number of hydrogen-bond acceptors (Lipinski definition) is 2. The zero-order valence-corrected chi connectivity index (χ0v) is 19.3. The lowest BCUT2D eigenvalue weighted by atomic mass is 9.98. The highest BCUT2D eigenvalue weighted by molar-refractivity contribution is 5.74. The minimum atomic E-state index is 0.771. The Morgan fingerprint density at radius 1 is 0.471 bits per heavy atom. The van der Waals surface area contributed by atoms with Crippen molar-refractivity contribution in [3.63, 3.8) is 0 Å².